The molecule has 1 aliphatic rings. The SMILES string of the molecule is Cc1cc(=O)oc2cc(O[C@@H](C)/C=C/C3=CC(=O)C(C)(C)O3)ccc12. The van der Waals surface area contributed by atoms with E-state index in [2.05, 4.69) is 0 Å². The molecule has 25 heavy (non-hydrogen) atoms. The summed E-state index contributed by atoms with van der Waals surface area (Å²) in [7, 11) is 0. The number of fused-ring (bicyclic) bond motifs is 1. The predicted octanol–water partition coefficient (Wildman–Crippen LogP) is 3.69. The van der Waals surface area contributed by atoms with Crippen molar-refractivity contribution in [2.24, 2.45) is 0 Å². The molecular weight excluding hydrogens is 320 g/mol. The first-order valence-electron chi connectivity index (χ1n) is 8.09. The fourth-order valence-corrected chi connectivity index (χ4v) is 2.62. The molecule has 130 valence electrons. The second kappa shape index (κ2) is 6.24. The first-order chi connectivity index (χ1) is 11.7. The molecule has 3 rings (SSSR count). The van der Waals surface area contributed by atoms with Crippen molar-refractivity contribution in [2.45, 2.75) is 39.4 Å². The fourth-order valence-electron chi connectivity index (χ4n) is 2.62. The second-order valence-corrected chi connectivity index (χ2v) is 6.61. The summed E-state index contributed by atoms with van der Waals surface area (Å²) < 4.78 is 16.6. The van der Waals surface area contributed by atoms with E-state index in [0.29, 0.717) is 17.1 Å². The molecule has 0 aliphatic carbocycles. The smallest absolute Gasteiger partial charge is 0.336 e. The molecule has 5 nitrogen and oxygen atoms in total. The molecule has 2 aromatic rings. The molecule has 0 fully saturated rings. The third kappa shape index (κ3) is 3.65. The number of carbonyl (C=O) groups excluding carboxylic acids is 1. The molecule has 0 bridgehead atoms. The third-order valence-corrected chi connectivity index (χ3v) is 4.02. The molecule has 0 saturated carbocycles. The molecule has 0 amide bonds. The van der Waals surface area contributed by atoms with Gasteiger partial charge < -0.3 is 13.9 Å². The molecule has 0 unspecified atom stereocenters. The first kappa shape index (κ1) is 17.0. The molecule has 2 heterocycles. The van der Waals surface area contributed by atoms with Gasteiger partial charge in [-0.05, 0) is 57.5 Å². The van der Waals surface area contributed by atoms with Gasteiger partial charge in [-0.1, -0.05) is 0 Å². The summed E-state index contributed by atoms with van der Waals surface area (Å²) in [6, 6.07) is 6.86. The molecule has 0 radical (unpaired) electrons. The van der Waals surface area contributed by atoms with Crippen LogP contribution in [-0.4, -0.2) is 17.5 Å². The molecule has 1 aliphatic heterocycles. The number of hydrogen-bond acceptors (Lipinski definition) is 5. The van der Waals surface area contributed by atoms with Gasteiger partial charge in [0.25, 0.3) is 0 Å². The summed E-state index contributed by atoms with van der Waals surface area (Å²) in [5.41, 5.74) is 0.168. The summed E-state index contributed by atoms with van der Waals surface area (Å²) in [5.74, 6) is 1.06. The molecule has 1 aromatic heterocycles. The van der Waals surface area contributed by atoms with E-state index in [1.165, 1.54) is 12.1 Å². The number of carbonyl (C=O) groups is 1. The van der Waals surface area contributed by atoms with E-state index in [1.807, 2.05) is 26.0 Å². The second-order valence-electron chi connectivity index (χ2n) is 6.61. The van der Waals surface area contributed by atoms with Crippen molar-refractivity contribution in [1.29, 1.82) is 0 Å². The van der Waals surface area contributed by atoms with Crippen molar-refractivity contribution in [3.05, 3.63) is 64.2 Å². The van der Waals surface area contributed by atoms with Crippen LogP contribution in [-0.2, 0) is 9.53 Å². The van der Waals surface area contributed by atoms with E-state index in [-0.39, 0.29) is 17.5 Å². The number of allylic oxidation sites excluding steroid dienone is 1. The summed E-state index contributed by atoms with van der Waals surface area (Å²) in [5, 5.41) is 0.875. The monoisotopic (exact) mass is 340 g/mol. The van der Waals surface area contributed by atoms with Gasteiger partial charge in [0.1, 0.15) is 23.2 Å². The Hall–Kier alpha value is -2.82. The highest BCUT2D eigenvalue weighted by atomic mass is 16.5. The van der Waals surface area contributed by atoms with Gasteiger partial charge in [-0.15, -0.1) is 0 Å². The minimum atomic E-state index is -0.808. The van der Waals surface area contributed by atoms with Gasteiger partial charge in [-0.25, -0.2) is 4.79 Å². The minimum Gasteiger partial charge on any atom is -0.487 e. The highest BCUT2D eigenvalue weighted by Crippen LogP contribution is 2.26. The van der Waals surface area contributed by atoms with E-state index < -0.39 is 5.60 Å². The van der Waals surface area contributed by atoms with Crippen LogP contribution in [0.1, 0.15) is 26.3 Å². The van der Waals surface area contributed by atoms with Gasteiger partial charge in [0.2, 0.25) is 5.78 Å². The fraction of sp³-hybridized carbons (Fsp3) is 0.300. The quantitative estimate of drug-likeness (QED) is 0.794. The van der Waals surface area contributed by atoms with Gasteiger partial charge in [0, 0.05) is 23.6 Å². The van der Waals surface area contributed by atoms with Crippen LogP contribution in [0.2, 0.25) is 0 Å². The Bertz CT molecular complexity index is 946. The first-order valence-corrected chi connectivity index (χ1v) is 8.09. The Labute approximate surface area is 145 Å². The van der Waals surface area contributed by atoms with Gasteiger partial charge in [-0.2, -0.15) is 0 Å². The van der Waals surface area contributed by atoms with Gasteiger partial charge >= 0.3 is 5.63 Å². The zero-order chi connectivity index (χ0) is 18.2. The van der Waals surface area contributed by atoms with E-state index in [0.717, 1.165) is 10.9 Å². The topological polar surface area (TPSA) is 65.7 Å². The Balaban J connectivity index is 1.73. The highest BCUT2D eigenvalue weighted by Gasteiger charge is 2.34. The lowest BCUT2D eigenvalue weighted by atomic mass is 10.1. The lowest BCUT2D eigenvalue weighted by Gasteiger charge is -2.17. The predicted molar refractivity (Wildman–Crippen MR) is 94.7 cm³/mol. The lowest BCUT2D eigenvalue weighted by Crippen LogP contribution is -2.27. The van der Waals surface area contributed by atoms with Crippen molar-refractivity contribution in [3.8, 4) is 5.75 Å². The standard InChI is InChI=1S/C20H20O5/c1-12-9-19(22)24-17-10-14(7-8-16(12)17)23-13(2)5-6-15-11-18(21)20(3,4)25-15/h5-11,13H,1-4H3/b6-5+/t13-/m0/s1. The van der Waals surface area contributed by atoms with Crippen LogP contribution in [0.3, 0.4) is 0 Å². The zero-order valence-corrected chi connectivity index (χ0v) is 14.7. The van der Waals surface area contributed by atoms with Crippen molar-refractivity contribution in [3.63, 3.8) is 0 Å². The van der Waals surface area contributed by atoms with Crippen LogP contribution >= 0.6 is 0 Å². The molecular formula is C20H20O5. The largest absolute Gasteiger partial charge is 0.487 e. The average molecular weight is 340 g/mol. The van der Waals surface area contributed by atoms with Crippen LogP contribution in [0.25, 0.3) is 11.0 Å². The maximum Gasteiger partial charge on any atom is 0.336 e. The summed E-state index contributed by atoms with van der Waals surface area (Å²) in [4.78, 5) is 23.2. The van der Waals surface area contributed by atoms with Crippen molar-refractivity contribution >= 4 is 16.8 Å². The maximum absolute atomic E-state index is 11.7. The number of aryl methyl sites for hydroxylation is 1. The van der Waals surface area contributed by atoms with Crippen molar-refractivity contribution in [2.75, 3.05) is 0 Å². The van der Waals surface area contributed by atoms with E-state index >= 15 is 0 Å². The normalized spacial score (nSPS) is 17.6. The average Bonchev–Trinajstić information content (AvgIpc) is 2.77. The highest BCUT2D eigenvalue weighted by molar-refractivity contribution is 5.99. The van der Waals surface area contributed by atoms with Crippen molar-refractivity contribution < 1.29 is 18.7 Å². The van der Waals surface area contributed by atoms with Gasteiger partial charge in [-0.3, -0.25) is 4.79 Å². The third-order valence-electron chi connectivity index (χ3n) is 4.02. The Morgan fingerprint density at radius 2 is 1.96 bits per heavy atom. The van der Waals surface area contributed by atoms with Crippen LogP contribution < -0.4 is 10.4 Å². The molecule has 0 N–H and O–H groups in total. The van der Waals surface area contributed by atoms with E-state index in [4.69, 9.17) is 13.9 Å². The van der Waals surface area contributed by atoms with E-state index in [1.54, 1.807) is 32.1 Å². The number of benzene rings is 1. The minimum absolute atomic E-state index is 0.0550. The summed E-state index contributed by atoms with van der Waals surface area (Å²) in [6.07, 6.45) is 4.76. The molecule has 5 heteroatoms. The molecule has 0 saturated heterocycles. The number of ether oxygens (including phenoxy) is 2. The van der Waals surface area contributed by atoms with Crippen LogP contribution in [0.4, 0.5) is 0 Å². The van der Waals surface area contributed by atoms with Gasteiger partial charge in [0.15, 0.2) is 5.60 Å². The molecule has 1 aromatic carbocycles. The Morgan fingerprint density at radius 3 is 2.64 bits per heavy atom. The van der Waals surface area contributed by atoms with Gasteiger partial charge in [0.05, 0.1) is 0 Å². The number of ketones is 1. The zero-order valence-electron chi connectivity index (χ0n) is 14.7. The van der Waals surface area contributed by atoms with E-state index in [9.17, 15) is 9.59 Å². The Morgan fingerprint density at radius 1 is 1.20 bits per heavy atom. The summed E-state index contributed by atoms with van der Waals surface area (Å²) >= 11 is 0. The van der Waals surface area contributed by atoms with Crippen LogP contribution in [0, 0.1) is 6.92 Å². The maximum atomic E-state index is 11.7. The van der Waals surface area contributed by atoms with Crippen LogP contribution in [0.5, 0.6) is 5.75 Å². The molecule has 0 spiro atoms. The molecule has 1 atom stereocenters. The number of rotatable bonds is 4. The lowest BCUT2D eigenvalue weighted by molar-refractivity contribution is -0.126. The number of hydrogen-bond donors (Lipinski definition) is 0. The van der Waals surface area contributed by atoms with Crippen LogP contribution in [0.15, 0.2) is 57.5 Å². The summed E-state index contributed by atoms with van der Waals surface area (Å²) in [6.45, 7) is 7.20. The Kier molecular flexibility index (Phi) is 4.25. The van der Waals surface area contributed by atoms with Crippen molar-refractivity contribution in [1.82, 2.24) is 0 Å².